The molecule has 1 aromatic rings. The summed E-state index contributed by atoms with van der Waals surface area (Å²) < 4.78 is 33.5. The first-order chi connectivity index (χ1) is 11.3. The molecule has 0 spiro atoms. The molecule has 0 aliphatic carbocycles. The lowest BCUT2D eigenvalue weighted by atomic mass is 10.2. The Morgan fingerprint density at radius 3 is 2.96 bits per heavy atom. The van der Waals surface area contributed by atoms with Gasteiger partial charge in [0, 0.05) is 11.8 Å². The third-order valence-corrected chi connectivity index (χ3v) is 7.20. The number of fused-ring (bicyclic) bond motifs is 1. The van der Waals surface area contributed by atoms with Crippen LogP contribution in [0.25, 0.3) is 0 Å². The van der Waals surface area contributed by atoms with Crippen molar-refractivity contribution >= 4 is 39.1 Å². The molecule has 0 bridgehead atoms. The van der Waals surface area contributed by atoms with Gasteiger partial charge in [-0.3, -0.25) is 4.79 Å². The van der Waals surface area contributed by atoms with Gasteiger partial charge in [0.1, 0.15) is 0 Å². The molecule has 0 aromatic heterocycles. The molecule has 6 nitrogen and oxygen atoms in total. The summed E-state index contributed by atoms with van der Waals surface area (Å²) in [6, 6.07) is 3.39. The fourth-order valence-corrected chi connectivity index (χ4v) is 5.42. The minimum Gasteiger partial charge on any atom is -0.454 e. The molecule has 1 amide bonds. The highest BCUT2D eigenvalue weighted by Crippen LogP contribution is 2.40. The van der Waals surface area contributed by atoms with E-state index in [2.05, 4.69) is 5.32 Å². The predicted molar refractivity (Wildman–Crippen MR) is 93.5 cm³/mol. The van der Waals surface area contributed by atoms with Crippen molar-refractivity contribution in [2.75, 3.05) is 18.3 Å². The molecular formula is C15H18ClNO5S2. The molecule has 2 aliphatic rings. The zero-order valence-corrected chi connectivity index (χ0v) is 15.5. The standard InChI is InChI=1S/C15H18ClNO5S2/c1-9(15(18)17-11-2-3-24(19,20)7-11)23-6-10-4-12(16)14-13(5-10)21-8-22-14/h4-5,9,11H,2-3,6-8H2,1H3,(H,17,18)/t9-,11-/m1/s1. The summed E-state index contributed by atoms with van der Waals surface area (Å²) in [7, 11) is -2.99. The summed E-state index contributed by atoms with van der Waals surface area (Å²) in [4.78, 5) is 12.2. The van der Waals surface area contributed by atoms with Gasteiger partial charge in [-0.2, -0.15) is 0 Å². The Morgan fingerprint density at radius 1 is 1.46 bits per heavy atom. The molecule has 1 fully saturated rings. The van der Waals surface area contributed by atoms with Crippen LogP contribution in [-0.4, -0.2) is 43.9 Å². The highest BCUT2D eigenvalue weighted by molar-refractivity contribution is 7.99. The van der Waals surface area contributed by atoms with Gasteiger partial charge in [0.05, 0.1) is 21.8 Å². The van der Waals surface area contributed by atoms with Crippen LogP contribution >= 0.6 is 23.4 Å². The summed E-state index contributed by atoms with van der Waals surface area (Å²) in [6.45, 7) is 1.97. The number of hydrogen-bond acceptors (Lipinski definition) is 6. The number of amides is 1. The molecule has 9 heteroatoms. The molecule has 2 atom stereocenters. The number of halogens is 1. The fraction of sp³-hybridized carbons (Fsp3) is 0.533. The van der Waals surface area contributed by atoms with Crippen molar-refractivity contribution in [1.29, 1.82) is 0 Å². The van der Waals surface area contributed by atoms with Gasteiger partial charge >= 0.3 is 0 Å². The second-order valence-electron chi connectivity index (χ2n) is 5.87. The maximum Gasteiger partial charge on any atom is 0.233 e. The van der Waals surface area contributed by atoms with E-state index in [-0.39, 0.29) is 35.5 Å². The average Bonchev–Trinajstić information content (AvgIpc) is 3.11. The van der Waals surface area contributed by atoms with Crippen molar-refractivity contribution < 1.29 is 22.7 Å². The number of thioether (sulfide) groups is 1. The molecule has 0 saturated carbocycles. The Hall–Kier alpha value is -1.12. The van der Waals surface area contributed by atoms with Gasteiger partial charge in [-0.25, -0.2) is 8.42 Å². The van der Waals surface area contributed by atoms with E-state index in [0.717, 1.165) is 5.56 Å². The van der Waals surface area contributed by atoms with Crippen molar-refractivity contribution in [2.24, 2.45) is 0 Å². The molecule has 3 rings (SSSR count). The molecule has 24 heavy (non-hydrogen) atoms. The van der Waals surface area contributed by atoms with Crippen LogP contribution in [-0.2, 0) is 20.4 Å². The molecule has 1 aromatic carbocycles. The van der Waals surface area contributed by atoms with Gasteiger partial charge in [0.15, 0.2) is 21.3 Å². The third-order valence-electron chi connectivity index (χ3n) is 3.94. The molecular weight excluding hydrogens is 374 g/mol. The number of benzene rings is 1. The summed E-state index contributed by atoms with van der Waals surface area (Å²) >= 11 is 7.60. The van der Waals surface area contributed by atoms with Crippen molar-refractivity contribution in [3.05, 3.63) is 22.7 Å². The van der Waals surface area contributed by atoms with Gasteiger partial charge in [0.25, 0.3) is 0 Å². The largest absolute Gasteiger partial charge is 0.454 e. The predicted octanol–water partition coefficient (Wildman–Crippen LogP) is 1.99. The second-order valence-corrected chi connectivity index (χ2v) is 9.84. The number of nitrogens with one attached hydrogen (secondary N) is 1. The number of ether oxygens (including phenoxy) is 2. The van der Waals surface area contributed by atoms with Crippen LogP contribution in [0.3, 0.4) is 0 Å². The molecule has 0 radical (unpaired) electrons. The minimum atomic E-state index is -2.99. The Kier molecular flexibility index (Phi) is 5.17. The van der Waals surface area contributed by atoms with Crippen molar-refractivity contribution in [1.82, 2.24) is 5.32 Å². The van der Waals surface area contributed by atoms with E-state index in [9.17, 15) is 13.2 Å². The van der Waals surface area contributed by atoms with Crippen LogP contribution in [0, 0.1) is 0 Å². The first-order valence-corrected chi connectivity index (χ1v) is 10.8. The highest BCUT2D eigenvalue weighted by atomic mass is 35.5. The second kappa shape index (κ2) is 7.01. The zero-order chi connectivity index (χ0) is 17.3. The smallest absolute Gasteiger partial charge is 0.233 e. The third kappa shape index (κ3) is 4.10. The van der Waals surface area contributed by atoms with E-state index < -0.39 is 9.84 Å². The van der Waals surface area contributed by atoms with E-state index in [0.29, 0.717) is 28.7 Å². The fourth-order valence-electron chi connectivity index (χ4n) is 2.63. The minimum absolute atomic E-state index is 0.0356. The van der Waals surface area contributed by atoms with Crippen LogP contribution in [0.15, 0.2) is 12.1 Å². The van der Waals surface area contributed by atoms with Crippen LogP contribution in [0.5, 0.6) is 11.5 Å². The monoisotopic (exact) mass is 391 g/mol. The highest BCUT2D eigenvalue weighted by Gasteiger charge is 2.30. The van der Waals surface area contributed by atoms with Crippen LogP contribution < -0.4 is 14.8 Å². The Balaban J connectivity index is 1.53. The lowest BCUT2D eigenvalue weighted by molar-refractivity contribution is -0.120. The molecule has 1 saturated heterocycles. The SMILES string of the molecule is C[C@@H](SCc1cc(Cl)c2c(c1)OCO2)C(=O)N[C@@H]1CCS(=O)(=O)C1. The lowest BCUT2D eigenvalue weighted by Crippen LogP contribution is -2.40. The molecule has 0 unspecified atom stereocenters. The van der Waals surface area contributed by atoms with Crippen LogP contribution in [0.1, 0.15) is 18.9 Å². The summed E-state index contributed by atoms with van der Waals surface area (Å²) in [5.41, 5.74) is 0.942. The van der Waals surface area contributed by atoms with Crippen LogP contribution in [0.4, 0.5) is 0 Å². The molecule has 1 N–H and O–H groups in total. The van der Waals surface area contributed by atoms with Gasteiger partial charge < -0.3 is 14.8 Å². The van der Waals surface area contributed by atoms with Crippen LogP contribution in [0.2, 0.25) is 5.02 Å². The first kappa shape index (κ1) is 17.7. The topological polar surface area (TPSA) is 81.7 Å². The molecule has 132 valence electrons. The van der Waals surface area contributed by atoms with E-state index in [1.165, 1.54) is 11.8 Å². The van der Waals surface area contributed by atoms with E-state index in [1.54, 1.807) is 13.0 Å². The maximum absolute atomic E-state index is 12.2. The Bertz CT molecular complexity index is 752. The average molecular weight is 392 g/mol. The Labute approximate surface area is 150 Å². The van der Waals surface area contributed by atoms with E-state index >= 15 is 0 Å². The maximum atomic E-state index is 12.2. The summed E-state index contributed by atoms with van der Waals surface area (Å²) in [5, 5.41) is 3.01. The van der Waals surface area contributed by atoms with E-state index in [1.807, 2.05) is 6.07 Å². The summed E-state index contributed by atoms with van der Waals surface area (Å²) in [5.74, 6) is 1.80. The normalized spacial score (nSPS) is 22.3. The van der Waals surface area contributed by atoms with E-state index in [4.69, 9.17) is 21.1 Å². The van der Waals surface area contributed by atoms with Crippen molar-refractivity contribution in [2.45, 2.75) is 30.4 Å². The van der Waals surface area contributed by atoms with Gasteiger partial charge in [0.2, 0.25) is 12.7 Å². The Morgan fingerprint density at radius 2 is 2.25 bits per heavy atom. The van der Waals surface area contributed by atoms with Gasteiger partial charge in [-0.15, -0.1) is 11.8 Å². The number of carbonyl (C=O) groups is 1. The summed E-state index contributed by atoms with van der Waals surface area (Å²) in [6.07, 6.45) is 0.489. The lowest BCUT2D eigenvalue weighted by Gasteiger charge is -2.16. The quantitative estimate of drug-likeness (QED) is 0.826. The van der Waals surface area contributed by atoms with Crippen molar-refractivity contribution in [3.63, 3.8) is 0 Å². The van der Waals surface area contributed by atoms with Crippen molar-refractivity contribution in [3.8, 4) is 11.5 Å². The molecule has 2 heterocycles. The number of rotatable bonds is 5. The molecule has 2 aliphatic heterocycles. The number of hydrogen-bond donors (Lipinski definition) is 1. The first-order valence-electron chi connectivity index (χ1n) is 7.54. The van der Waals surface area contributed by atoms with Gasteiger partial charge in [-0.05, 0) is 31.0 Å². The number of carbonyl (C=O) groups excluding carboxylic acids is 1. The zero-order valence-electron chi connectivity index (χ0n) is 13.1. The van der Waals surface area contributed by atoms with Gasteiger partial charge in [-0.1, -0.05) is 11.6 Å². The number of sulfone groups is 1.